The summed E-state index contributed by atoms with van der Waals surface area (Å²) in [5.74, 6) is 0.453. The lowest BCUT2D eigenvalue weighted by molar-refractivity contribution is -0.131. The number of hydrogen-bond acceptors (Lipinski definition) is 6. The third-order valence-corrected chi connectivity index (χ3v) is 4.63. The van der Waals surface area contributed by atoms with E-state index in [-0.39, 0.29) is 24.3 Å². The van der Waals surface area contributed by atoms with Crippen LogP contribution in [-0.4, -0.2) is 82.6 Å². The highest BCUT2D eigenvalue weighted by Crippen LogP contribution is 2.29. The van der Waals surface area contributed by atoms with Gasteiger partial charge < -0.3 is 14.7 Å². The number of rotatable bonds is 5. The van der Waals surface area contributed by atoms with Crippen LogP contribution in [0.25, 0.3) is 0 Å². The van der Waals surface area contributed by atoms with Gasteiger partial charge in [-0.1, -0.05) is 0 Å². The molecule has 2 aromatic rings. The zero-order valence-corrected chi connectivity index (χ0v) is 16.2. The van der Waals surface area contributed by atoms with E-state index in [0.29, 0.717) is 30.3 Å². The Morgan fingerprint density at radius 1 is 1.26 bits per heavy atom. The maximum Gasteiger partial charge on any atom is 0.256 e. The first-order chi connectivity index (χ1) is 12.9. The van der Waals surface area contributed by atoms with Gasteiger partial charge >= 0.3 is 0 Å². The summed E-state index contributed by atoms with van der Waals surface area (Å²) in [5.41, 5.74) is 1.21. The Kier molecular flexibility index (Phi) is 5.38. The number of amides is 2. The quantitative estimate of drug-likeness (QED) is 0.759. The standard InChI is InChI=1S/C18H25N7O2/c1-22(2)17(27)14-10-19-18(23(3)4)21-16(14)13-6-9-24(11-13)15(26)12-25-8-5-7-20-25/h5,7-8,10,13H,6,9,11-12H2,1-4H3. The molecule has 3 heterocycles. The van der Waals surface area contributed by atoms with Crippen molar-refractivity contribution in [2.75, 3.05) is 46.2 Å². The largest absolute Gasteiger partial charge is 0.347 e. The summed E-state index contributed by atoms with van der Waals surface area (Å²) in [4.78, 5) is 39.2. The van der Waals surface area contributed by atoms with Gasteiger partial charge in [0.15, 0.2) is 0 Å². The van der Waals surface area contributed by atoms with Gasteiger partial charge in [0, 0.05) is 65.8 Å². The van der Waals surface area contributed by atoms with Gasteiger partial charge in [-0.05, 0) is 12.5 Å². The van der Waals surface area contributed by atoms with Gasteiger partial charge in [-0.25, -0.2) is 9.97 Å². The van der Waals surface area contributed by atoms with E-state index in [1.807, 2.05) is 23.9 Å². The summed E-state index contributed by atoms with van der Waals surface area (Å²) < 4.78 is 1.62. The van der Waals surface area contributed by atoms with Crippen molar-refractivity contribution in [1.29, 1.82) is 0 Å². The molecule has 9 nitrogen and oxygen atoms in total. The van der Waals surface area contributed by atoms with Crippen LogP contribution in [0.4, 0.5) is 5.95 Å². The first-order valence-electron chi connectivity index (χ1n) is 8.88. The van der Waals surface area contributed by atoms with Crippen LogP contribution in [-0.2, 0) is 11.3 Å². The lowest BCUT2D eigenvalue weighted by Gasteiger charge is -2.20. The Morgan fingerprint density at radius 2 is 2.04 bits per heavy atom. The molecule has 0 saturated carbocycles. The highest BCUT2D eigenvalue weighted by molar-refractivity contribution is 5.95. The molecule has 2 amide bonds. The number of anilines is 1. The first kappa shape index (κ1) is 18.8. The Hall–Kier alpha value is -2.97. The number of carbonyl (C=O) groups is 2. The molecule has 144 valence electrons. The van der Waals surface area contributed by atoms with Crippen molar-refractivity contribution < 1.29 is 9.59 Å². The van der Waals surface area contributed by atoms with E-state index in [9.17, 15) is 9.59 Å². The lowest BCUT2D eigenvalue weighted by atomic mass is 9.99. The second-order valence-corrected chi connectivity index (χ2v) is 7.09. The number of aromatic nitrogens is 4. The molecule has 0 radical (unpaired) electrons. The van der Waals surface area contributed by atoms with Crippen molar-refractivity contribution in [3.8, 4) is 0 Å². The topological polar surface area (TPSA) is 87.5 Å². The van der Waals surface area contributed by atoms with Crippen LogP contribution in [0.15, 0.2) is 24.7 Å². The molecular weight excluding hydrogens is 346 g/mol. The summed E-state index contributed by atoms with van der Waals surface area (Å²) in [7, 11) is 7.14. The Bertz CT molecular complexity index is 817. The van der Waals surface area contributed by atoms with Crippen LogP contribution in [0.2, 0.25) is 0 Å². The molecule has 0 N–H and O–H groups in total. The second-order valence-electron chi connectivity index (χ2n) is 7.09. The van der Waals surface area contributed by atoms with Gasteiger partial charge in [0.1, 0.15) is 6.54 Å². The molecule has 1 saturated heterocycles. The molecule has 9 heteroatoms. The summed E-state index contributed by atoms with van der Waals surface area (Å²) in [6.45, 7) is 1.40. The van der Waals surface area contributed by atoms with Gasteiger partial charge in [-0.2, -0.15) is 5.10 Å². The molecule has 1 fully saturated rings. The molecular formula is C18H25N7O2. The molecule has 27 heavy (non-hydrogen) atoms. The van der Waals surface area contributed by atoms with Gasteiger partial charge in [0.25, 0.3) is 5.91 Å². The van der Waals surface area contributed by atoms with Crippen LogP contribution < -0.4 is 4.90 Å². The molecule has 0 bridgehead atoms. The van der Waals surface area contributed by atoms with Gasteiger partial charge in [-0.15, -0.1) is 0 Å². The van der Waals surface area contributed by atoms with Crippen LogP contribution in [0.5, 0.6) is 0 Å². The Morgan fingerprint density at radius 3 is 2.67 bits per heavy atom. The summed E-state index contributed by atoms with van der Waals surface area (Å²) in [6.07, 6.45) is 5.78. The monoisotopic (exact) mass is 371 g/mol. The lowest BCUT2D eigenvalue weighted by Crippen LogP contribution is -2.32. The van der Waals surface area contributed by atoms with E-state index in [0.717, 1.165) is 6.42 Å². The smallest absolute Gasteiger partial charge is 0.256 e. The molecule has 3 rings (SSSR count). The molecule has 2 aromatic heterocycles. The van der Waals surface area contributed by atoms with E-state index < -0.39 is 0 Å². The predicted octanol–water partition coefficient (Wildman–Crippen LogP) is 0.457. The Balaban J connectivity index is 1.81. The van der Waals surface area contributed by atoms with Gasteiger partial charge in [-0.3, -0.25) is 14.3 Å². The molecule has 1 atom stereocenters. The fourth-order valence-corrected chi connectivity index (χ4v) is 3.16. The normalized spacial score (nSPS) is 16.4. The highest BCUT2D eigenvalue weighted by Gasteiger charge is 2.32. The summed E-state index contributed by atoms with van der Waals surface area (Å²) in [5, 5.41) is 4.09. The number of hydrogen-bond donors (Lipinski definition) is 0. The van der Waals surface area contributed by atoms with E-state index in [1.165, 1.54) is 4.90 Å². The van der Waals surface area contributed by atoms with E-state index >= 15 is 0 Å². The molecule has 0 aliphatic carbocycles. The van der Waals surface area contributed by atoms with E-state index in [1.54, 1.807) is 43.4 Å². The third kappa shape index (κ3) is 4.07. The maximum absolute atomic E-state index is 12.6. The predicted molar refractivity (Wildman–Crippen MR) is 101 cm³/mol. The Labute approximate surface area is 158 Å². The minimum absolute atomic E-state index is 0.00664. The van der Waals surface area contributed by atoms with Gasteiger partial charge in [0.05, 0.1) is 11.3 Å². The van der Waals surface area contributed by atoms with Crippen LogP contribution >= 0.6 is 0 Å². The third-order valence-electron chi connectivity index (χ3n) is 4.63. The molecule has 1 aliphatic rings. The summed E-state index contributed by atoms with van der Waals surface area (Å²) >= 11 is 0. The van der Waals surface area contributed by atoms with Crippen LogP contribution in [0, 0.1) is 0 Å². The average Bonchev–Trinajstić information content (AvgIpc) is 3.32. The van der Waals surface area contributed by atoms with Gasteiger partial charge in [0.2, 0.25) is 11.9 Å². The number of carbonyl (C=O) groups excluding carboxylic acids is 2. The molecule has 0 spiro atoms. The average molecular weight is 371 g/mol. The van der Waals surface area contributed by atoms with Crippen LogP contribution in [0.1, 0.15) is 28.4 Å². The van der Waals surface area contributed by atoms with Crippen molar-refractivity contribution in [3.05, 3.63) is 35.9 Å². The van der Waals surface area contributed by atoms with Crippen molar-refractivity contribution in [3.63, 3.8) is 0 Å². The fourth-order valence-electron chi connectivity index (χ4n) is 3.16. The molecule has 1 aliphatic heterocycles. The SMILES string of the molecule is CN(C)C(=O)c1cnc(N(C)C)nc1C1CCN(C(=O)Cn2cccn2)C1. The minimum Gasteiger partial charge on any atom is -0.347 e. The molecule has 0 aromatic carbocycles. The zero-order valence-electron chi connectivity index (χ0n) is 16.2. The van der Waals surface area contributed by atoms with E-state index in [2.05, 4.69) is 15.1 Å². The first-order valence-corrected chi connectivity index (χ1v) is 8.88. The van der Waals surface area contributed by atoms with Crippen LogP contribution in [0.3, 0.4) is 0 Å². The number of likely N-dealkylation sites (tertiary alicyclic amines) is 1. The van der Waals surface area contributed by atoms with Crippen molar-refractivity contribution >= 4 is 17.8 Å². The van der Waals surface area contributed by atoms with Crippen molar-refractivity contribution in [1.82, 2.24) is 29.5 Å². The maximum atomic E-state index is 12.6. The number of nitrogens with zero attached hydrogens (tertiary/aromatic N) is 7. The van der Waals surface area contributed by atoms with E-state index in [4.69, 9.17) is 0 Å². The fraction of sp³-hybridized carbons (Fsp3) is 0.500. The highest BCUT2D eigenvalue weighted by atomic mass is 16.2. The zero-order chi connectivity index (χ0) is 19.6. The second kappa shape index (κ2) is 7.73. The molecule has 1 unspecified atom stereocenters. The van der Waals surface area contributed by atoms with Crippen molar-refractivity contribution in [2.24, 2.45) is 0 Å². The minimum atomic E-state index is -0.128. The van der Waals surface area contributed by atoms with Crippen molar-refractivity contribution in [2.45, 2.75) is 18.9 Å². The summed E-state index contributed by atoms with van der Waals surface area (Å²) in [6, 6.07) is 1.79.